The number of hydrogen-bond donors (Lipinski definition) is 1. The first kappa shape index (κ1) is 17.1. The Kier molecular flexibility index (Phi) is 4.26. The van der Waals surface area contributed by atoms with Crippen molar-refractivity contribution in [3.8, 4) is 18.1 Å². The van der Waals surface area contributed by atoms with Crippen LogP contribution < -0.4 is 4.74 Å². The minimum absolute atomic E-state index is 0.0133. The predicted octanol–water partition coefficient (Wildman–Crippen LogP) is 4.46. The van der Waals surface area contributed by atoms with Gasteiger partial charge in [-0.05, 0) is 59.9 Å². The Labute approximate surface area is 145 Å². The number of aliphatic hydroxyl groups is 1. The number of terminal acetylenes is 1. The first-order valence-corrected chi connectivity index (χ1v) is 8.90. The number of benzene rings is 1. The molecule has 3 rings (SSSR count). The number of allylic oxidation sites excluding steroid dienone is 1. The first-order valence-electron chi connectivity index (χ1n) is 8.90. The van der Waals surface area contributed by atoms with E-state index < -0.39 is 5.60 Å². The number of ether oxygens (including phenoxy) is 1. The summed E-state index contributed by atoms with van der Waals surface area (Å²) >= 11 is 0. The third-order valence-electron chi connectivity index (χ3n) is 5.89. The Morgan fingerprint density at radius 3 is 2.75 bits per heavy atom. The van der Waals surface area contributed by atoms with Gasteiger partial charge in [0.15, 0.2) is 0 Å². The van der Waals surface area contributed by atoms with E-state index in [1.54, 1.807) is 7.11 Å². The molecule has 0 aromatic heterocycles. The number of fused-ring (bicyclic) bond motifs is 1. The van der Waals surface area contributed by atoms with Crippen molar-refractivity contribution in [2.24, 2.45) is 17.3 Å². The Balaban J connectivity index is 2.17. The molecule has 2 heteroatoms. The molecular weight excluding hydrogens is 296 g/mol. The molecule has 0 spiro atoms. The van der Waals surface area contributed by atoms with Gasteiger partial charge in [-0.1, -0.05) is 32.9 Å². The summed E-state index contributed by atoms with van der Waals surface area (Å²) in [5.41, 5.74) is 2.45. The Morgan fingerprint density at radius 1 is 1.38 bits per heavy atom. The van der Waals surface area contributed by atoms with Gasteiger partial charge in [0.1, 0.15) is 11.4 Å². The molecule has 128 valence electrons. The highest BCUT2D eigenvalue weighted by Gasteiger charge is 2.50. The van der Waals surface area contributed by atoms with Crippen LogP contribution in [0.5, 0.6) is 5.75 Å². The Morgan fingerprint density at radius 2 is 2.12 bits per heavy atom. The second kappa shape index (κ2) is 5.97. The highest BCUT2D eigenvalue weighted by molar-refractivity contribution is 5.50. The van der Waals surface area contributed by atoms with E-state index in [9.17, 15) is 5.11 Å². The van der Waals surface area contributed by atoms with Gasteiger partial charge in [-0.2, -0.15) is 0 Å². The van der Waals surface area contributed by atoms with Crippen LogP contribution in [0.4, 0.5) is 0 Å². The summed E-state index contributed by atoms with van der Waals surface area (Å²) in [5.74, 6) is 3.69. The van der Waals surface area contributed by atoms with Crippen molar-refractivity contribution < 1.29 is 9.84 Å². The lowest BCUT2D eigenvalue weighted by Crippen LogP contribution is -2.38. The second-order valence-corrected chi connectivity index (χ2v) is 8.07. The second-order valence-electron chi connectivity index (χ2n) is 8.07. The van der Waals surface area contributed by atoms with Crippen LogP contribution in [0.25, 0.3) is 0 Å². The maximum atomic E-state index is 12.0. The summed E-state index contributed by atoms with van der Waals surface area (Å²) < 4.78 is 5.41. The van der Waals surface area contributed by atoms with E-state index in [-0.39, 0.29) is 17.3 Å². The smallest absolute Gasteiger partial charge is 0.119 e. The molecule has 1 aromatic carbocycles. The third-order valence-corrected chi connectivity index (χ3v) is 5.89. The largest absolute Gasteiger partial charge is 0.497 e. The molecular formula is C22H28O2. The molecule has 2 aliphatic carbocycles. The van der Waals surface area contributed by atoms with Gasteiger partial charge in [0, 0.05) is 11.8 Å². The van der Waals surface area contributed by atoms with Crippen molar-refractivity contribution >= 4 is 0 Å². The van der Waals surface area contributed by atoms with Crippen LogP contribution >= 0.6 is 0 Å². The van der Waals surface area contributed by atoms with Gasteiger partial charge in [0.25, 0.3) is 0 Å². The van der Waals surface area contributed by atoms with Crippen LogP contribution in [0.1, 0.15) is 51.2 Å². The van der Waals surface area contributed by atoms with Crippen LogP contribution in [0, 0.1) is 29.6 Å². The summed E-state index contributed by atoms with van der Waals surface area (Å²) in [5, 5.41) is 12.0. The molecule has 1 aromatic rings. The van der Waals surface area contributed by atoms with Crippen molar-refractivity contribution in [3.05, 3.63) is 41.0 Å². The van der Waals surface area contributed by atoms with E-state index in [2.05, 4.69) is 31.9 Å². The summed E-state index contributed by atoms with van der Waals surface area (Å²) in [6, 6.07) is 6.05. The molecule has 3 atom stereocenters. The van der Waals surface area contributed by atoms with Crippen molar-refractivity contribution in [2.45, 2.75) is 52.1 Å². The maximum absolute atomic E-state index is 12.0. The minimum atomic E-state index is -0.979. The highest BCUT2D eigenvalue weighted by Crippen LogP contribution is 2.53. The van der Waals surface area contributed by atoms with E-state index in [1.807, 2.05) is 19.1 Å². The van der Waals surface area contributed by atoms with Gasteiger partial charge in [-0.25, -0.2) is 0 Å². The van der Waals surface area contributed by atoms with E-state index >= 15 is 0 Å². The maximum Gasteiger partial charge on any atom is 0.119 e. The predicted molar refractivity (Wildman–Crippen MR) is 97.8 cm³/mol. The molecule has 0 fully saturated rings. The normalized spacial score (nSPS) is 29.3. The zero-order valence-corrected chi connectivity index (χ0v) is 15.2. The Hall–Kier alpha value is -1.72. The van der Waals surface area contributed by atoms with Gasteiger partial charge in [0.2, 0.25) is 0 Å². The number of rotatable bonds is 3. The van der Waals surface area contributed by atoms with Crippen molar-refractivity contribution in [2.75, 3.05) is 7.11 Å². The van der Waals surface area contributed by atoms with E-state index in [4.69, 9.17) is 11.2 Å². The SMILES string of the molecule is C#C[C@@H](C)[C@@H]1Cc2ccc(OC)cc2[C@@]1(O)C1=CC(C)(C)CCC1. The number of methoxy groups -OCH3 is 1. The summed E-state index contributed by atoms with van der Waals surface area (Å²) in [6.07, 6.45) is 12.1. The molecule has 0 saturated heterocycles. The minimum Gasteiger partial charge on any atom is -0.497 e. The van der Waals surface area contributed by atoms with Crippen molar-refractivity contribution in [1.29, 1.82) is 0 Å². The van der Waals surface area contributed by atoms with Crippen LogP contribution in [0.3, 0.4) is 0 Å². The van der Waals surface area contributed by atoms with Gasteiger partial charge in [-0.15, -0.1) is 12.3 Å². The fourth-order valence-electron chi connectivity index (χ4n) is 4.52. The fraction of sp³-hybridized carbons (Fsp3) is 0.545. The van der Waals surface area contributed by atoms with Gasteiger partial charge >= 0.3 is 0 Å². The molecule has 1 N–H and O–H groups in total. The van der Waals surface area contributed by atoms with E-state index in [1.165, 1.54) is 5.56 Å². The lowest BCUT2D eigenvalue weighted by Gasteiger charge is -2.40. The summed E-state index contributed by atoms with van der Waals surface area (Å²) in [4.78, 5) is 0. The molecule has 0 aliphatic heterocycles. The topological polar surface area (TPSA) is 29.5 Å². The third kappa shape index (κ3) is 2.66. The number of hydrogen-bond acceptors (Lipinski definition) is 2. The molecule has 0 radical (unpaired) electrons. The Bertz CT molecular complexity index is 707. The molecule has 2 nitrogen and oxygen atoms in total. The lowest BCUT2D eigenvalue weighted by atomic mass is 9.68. The van der Waals surface area contributed by atoms with Crippen LogP contribution in [0.15, 0.2) is 29.8 Å². The zero-order chi connectivity index (χ0) is 17.5. The fourth-order valence-corrected chi connectivity index (χ4v) is 4.52. The van der Waals surface area contributed by atoms with Gasteiger partial charge < -0.3 is 9.84 Å². The van der Waals surface area contributed by atoms with E-state index in [0.29, 0.717) is 0 Å². The van der Waals surface area contributed by atoms with E-state index in [0.717, 1.165) is 42.6 Å². The van der Waals surface area contributed by atoms with Crippen LogP contribution in [-0.2, 0) is 12.0 Å². The molecule has 2 aliphatic rings. The van der Waals surface area contributed by atoms with Crippen molar-refractivity contribution in [1.82, 2.24) is 0 Å². The molecule has 24 heavy (non-hydrogen) atoms. The standard InChI is InChI=1S/C22H28O2/c1-6-15(2)19-12-16-9-10-18(24-5)13-20(16)22(19,23)17-8-7-11-21(3,4)14-17/h1,9-10,13-15,19,23H,7-8,11-12H2,2-5H3/t15-,19+,22-/m1/s1. The highest BCUT2D eigenvalue weighted by atomic mass is 16.5. The van der Waals surface area contributed by atoms with Gasteiger partial charge in [0.05, 0.1) is 7.11 Å². The quantitative estimate of drug-likeness (QED) is 0.657. The monoisotopic (exact) mass is 324 g/mol. The molecule has 0 amide bonds. The first-order chi connectivity index (χ1) is 11.3. The summed E-state index contributed by atoms with van der Waals surface area (Å²) in [6.45, 7) is 6.54. The van der Waals surface area contributed by atoms with Crippen LogP contribution in [-0.4, -0.2) is 12.2 Å². The average Bonchev–Trinajstić information content (AvgIpc) is 2.87. The van der Waals surface area contributed by atoms with Crippen molar-refractivity contribution in [3.63, 3.8) is 0 Å². The molecule has 0 bridgehead atoms. The average molecular weight is 324 g/mol. The zero-order valence-electron chi connectivity index (χ0n) is 15.2. The lowest BCUT2D eigenvalue weighted by molar-refractivity contribution is 0.00555. The van der Waals surface area contributed by atoms with Crippen LogP contribution in [0.2, 0.25) is 0 Å². The molecule has 0 saturated carbocycles. The van der Waals surface area contributed by atoms with Gasteiger partial charge in [-0.3, -0.25) is 0 Å². The summed E-state index contributed by atoms with van der Waals surface area (Å²) in [7, 11) is 1.67. The molecule has 0 heterocycles. The molecule has 0 unspecified atom stereocenters.